The van der Waals surface area contributed by atoms with Gasteiger partial charge in [0.15, 0.2) is 0 Å². The highest BCUT2D eigenvalue weighted by Gasteiger charge is 2.43. The van der Waals surface area contributed by atoms with Gasteiger partial charge in [0, 0.05) is 45.5 Å². The maximum absolute atomic E-state index is 2.63. The van der Waals surface area contributed by atoms with Gasteiger partial charge < -0.3 is 14.7 Å². The molecule has 3 nitrogen and oxygen atoms in total. The zero-order valence-corrected chi connectivity index (χ0v) is 30.0. The van der Waals surface area contributed by atoms with Crippen LogP contribution < -0.4 is 41.5 Å². The lowest BCUT2D eigenvalue weighted by atomic mass is 9.33. The van der Waals surface area contributed by atoms with Crippen LogP contribution in [0.25, 0.3) is 12.2 Å². The molecule has 5 aliphatic rings. The van der Waals surface area contributed by atoms with Gasteiger partial charge in [0.1, 0.15) is 0 Å². The summed E-state index contributed by atoms with van der Waals surface area (Å²) in [7, 11) is 0. The molecule has 0 aromatic heterocycles. The minimum atomic E-state index is 0.114. The molecule has 0 saturated carbocycles. The van der Waals surface area contributed by atoms with Crippen LogP contribution in [0.5, 0.6) is 0 Å². The Morgan fingerprint density at radius 2 is 1.48 bits per heavy atom. The zero-order valence-electron chi connectivity index (χ0n) is 30.0. The van der Waals surface area contributed by atoms with Crippen LogP contribution in [0.2, 0.25) is 0 Å². The van der Waals surface area contributed by atoms with Crippen molar-refractivity contribution in [1.82, 2.24) is 0 Å². The number of allylic oxidation sites excluding steroid dienone is 7. The first-order valence-electron chi connectivity index (χ1n) is 19.0. The van der Waals surface area contributed by atoms with Crippen molar-refractivity contribution in [1.29, 1.82) is 0 Å². The van der Waals surface area contributed by atoms with E-state index in [0.717, 1.165) is 32.1 Å². The minimum Gasteiger partial charge on any atom is -0.338 e. The molecule has 0 bridgehead atoms. The van der Waals surface area contributed by atoms with E-state index in [1.807, 2.05) is 0 Å². The summed E-state index contributed by atoms with van der Waals surface area (Å²) in [6.45, 7) is 4.51. The molecule has 52 heavy (non-hydrogen) atoms. The molecule has 2 heterocycles. The van der Waals surface area contributed by atoms with Gasteiger partial charge in [-0.2, -0.15) is 0 Å². The van der Waals surface area contributed by atoms with Gasteiger partial charge in [-0.1, -0.05) is 108 Å². The SMILES string of the molecule is Cc1ccc(N2c3ccc(C)cc3B3c4ccc(N(C5=CC=CCC5)C5C=c6ccccc6=CC5)cc4N(C4=CCCC=C4)c4cccc2c43)cc1. The van der Waals surface area contributed by atoms with Crippen LogP contribution in [-0.2, 0) is 0 Å². The Bertz CT molecular complexity index is 2500. The first-order chi connectivity index (χ1) is 25.6. The molecule has 0 spiro atoms. The Labute approximate surface area is 307 Å². The lowest BCUT2D eigenvalue weighted by Crippen LogP contribution is -2.61. The summed E-state index contributed by atoms with van der Waals surface area (Å²) in [5, 5.41) is 2.66. The number of fused-ring (bicyclic) bond motifs is 5. The molecule has 1 atom stereocenters. The molecule has 5 aromatic rings. The molecule has 1 unspecified atom stereocenters. The van der Waals surface area contributed by atoms with Crippen LogP contribution in [0.1, 0.15) is 43.2 Å². The number of rotatable bonds is 5. The van der Waals surface area contributed by atoms with Crippen molar-refractivity contribution in [2.75, 3.05) is 14.7 Å². The van der Waals surface area contributed by atoms with Gasteiger partial charge in [0.25, 0.3) is 6.71 Å². The van der Waals surface area contributed by atoms with Gasteiger partial charge in [0.05, 0.1) is 6.04 Å². The first kappa shape index (κ1) is 31.0. The highest BCUT2D eigenvalue weighted by atomic mass is 15.2. The summed E-state index contributed by atoms with van der Waals surface area (Å²) in [4.78, 5) is 7.69. The molecule has 0 fully saturated rings. The van der Waals surface area contributed by atoms with Crippen LogP contribution in [0.15, 0.2) is 151 Å². The van der Waals surface area contributed by atoms with E-state index in [-0.39, 0.29) is 12.8 Å². The quantitative estimate of drug-likeness (QED) is 0.171. The molecule has 252 valence electrons. The lowest BCUT2D eigenvalue weighted by Gasteiger charge is -2.45. The van der Waals surface area contributed by atoms with Gasteiger partial charge in [-0.05, 0) is 127 Å². The van der Waals surface area contributed by atoms with Crippen LogP contribution in [0.3, 0.4) is 0 Å². The van der Waals surface area contributed by atoms with Gasteiger partial charge in [-0.3, -0.25) is 0 Å². The predicted octanol–water partition coefficient (Wildman–Crippen LogP) is 8.36. The van der Waals surface area contributed by atoms with Gasteiger partial charge >= 0.3 is 0 Å². The Hall–Kier alpha value is -5.74. The fraction of sp³-hybridized carbons (Fsp3) is 0.167. The summed E-state index contributed by atoms with van der Waals surface area (Å²) in [6.07, 6.45) is 24.1. The van der Waals surface area contributed by atoms with Crippen molar-refractivity contribution in [2.45, 2.75) is 52.0 Å². The van der Waals surface area contributed by atoms with E-state index < -0.39 is 0 Å². The van der Waals surface area contributed by atoms with E-state index in [4.69, 9.17) is 0 Å². The van der Waals surface area contributed by atoms with E-state index in [0.29, 0.717) is 0 Å². The summed E-state index contributed by atoms with van der Waals surface area (Å²) in [5.74, 6) is 0. The second kappa shape index (κ2) is 12.5. The number of benzene rings is 5. The van der Waals surface area contributed by atoms with Crippen molar-refractivity contribution < 1.29 is 0 Å². The van der Waals surface area contributed by atoms with Crippen molar-refractivity contribution >= 4 is 69.4 Å². The number of nitrogens with zero attached hydrogens (tertiary/aromatic N) is 3. The largest absolute Gasteiger partial charge is 0.338 e. The monoisotopic (exact) mass is 671 g/mol. The van der Waals surface area contributed by atoms with E-state index in [1.54, 1.807) is 0 Å². The van der Waals surface area contributed by atoms with E-state index in [2.05, 4.69) is 180 Å². The molecule has 4 heteroatoms. The normalized spacial score (nSPS) is 17.9. The Balaban J connectivity index is 1.20. The molecule has 5 aromatic carbocycles. The Morgan fingerprint density at radius 1 is 0.654 bits per heavy atom. The Kier molecular flexibility index (Phi) is 7.46. The molecule has 0 saturated heterocycles. The summed E-state index contributed by atoms with van der Waals surface area (Å²) >= 11 is 0. The molecular weight excluding hydrogens is 629 g/mol. The fourth-order valence-corrected chi connectivity index (χ4v) is 9.12. The third kappa shape index (κ3) is 5.04. The molecule has 0 N–H and O–H groups in total. The molecule has 2 aliphatic heterocycles. The molecule has 0 amide bonds. The standard InChI is InChI=1S/C48H42BN3/c1-33-20-24-39(25-21-33)51-44-29-22-34(2)30-43(44)49-42-28-27-41(32-47(42)52(38-16-7-4-8-17-38)46-19-11-18-45(51)48(46)49)50(37-14-5-3-6-15-37)40-26-23-35-12-9-10-13-36(35)31-40/h3,5,7,9-14,16-25,27-32,40H,4,6,8,15,26H2,1-2H3. The van der Waals surface area contributed by atoms with Crippen LogP contribution in [0, 0.1) is 13.8 Å². The summed E-state index contributed by atoms with van der Waals surface area (Å²) in [5.41, 5.74) is 16.8. The number of hydrogen-bond donors (Lipinski definition) is 0. The van der Waals surface area contributed by atoms with Crippen molar-refractivity contribution in [3.63, 3.8) is 0 Å². The number of hydrogen-bond acceptors (Lipinski definition) is 3. The van der Waals surface area contributed by atoms with E-state index in [1.165, 1.54) is 83.5 Å². The smallest absolute Gasteiger partial charge is 0.252 e. The maximum Gasteiger partial charge on any atom is 0.252 e. The van der Waals surface area contributed by atoms with Crippen molar-refractivity contribution in [3.8, 4) is 0 Å². The zero-order chi connectivity index (χ0) is 34.8. The third-order valence-corrected chi connectivity index (χ3v) is 11.5. The molecule has 0 radical (unpaired) electrons. The highest BCUT2D eigenvalue weighted by Crippen LogP contribution is 2.44. The number of aryl methyl sites for hydroxylation is 2. The predicted molar refractivity (Wildman–Crippen MR) is 222 cm³/mol. The third-order valence-electron chi connectivity index (χ3n) is 11.5. The Morgan fingerprint density at radius 3 is 2.29 bits per heavy atom. The molecule has 10 rings (SSSR count). The van der Waals surface area contributed by atoms with Gasteiger partial charge in [0.2, 0.25) is 0 Å². The van der Waals surface area contributed by atoms with E-state index >= 15 is 0 Å². The second-order valence-electron chi connectivity index (χ2n) is 14.9. The molecule has 3 aliphatic carbocycles. The van der Waals surface area contributed by atoms with Gasteiger partial charge in [-0.15, -0.1) is 0 Å². The van der Waals surface area contributed by atoms with Crippen LogP contribution in [0.4, 0.5) is 34.1 Å². The number of anilines is 6. The average molecular weight is 672 g/mol. The van der Waals surface area contributed by atoms with Crippen molar-refractivity contribution in [2.24, 2.45) is 0 Å². The fourth-order valence-electron chi connectivity index (χ4n) is 9.12. The van der Waals surface area contributed by atoms with Crippen LogP contribution in [-0.4, -0.2) is 12.8 Å². The van der Waals surface area contributed by atoms with Crippen LogP contribution >= 0.6 is 0 Å². The summed E-state index contributed by atoms with van der Waals surface area (Å²) in [6, 6.07) is 39.4. The summed E-state index contributed by atoms with van der Waals surface area (Å²) < 4.78 is 0. The highest BCUT2D eigenvalue weighted by molar-refractivity contribution is 7.00. The lowest BCUT2D eigenvalue weighted by molar-refractivity contribution is 0.755. The maximum atomic E-state index is 2.63. The van der Waals surface area contributed by atoms with Gasteiger partial charge in [-0.25, -0.2) is 0 Å². The minimum absolute atomic E-state index is 0.114. The van der Waals surface area contributed by atoms with E-state index in [9.17, 15) is 0 Å². The topological polar surface area (TPSA) is 9.72 Å². The van der Waals surface area contributed by atoms with Crippen molar-refractivity contribution in [3.05, 3.63) is 173 Å². The first-order valence-corrected chi connectivity index (χ1v) is 19.0. The molecular formula is C48H42BN3. The average Bonchev–Trinajstić information content (AvgIpc) is 3.19. The second-order valence-corrected chi connectivity index (χ2v) is 14.9.